The lowest BCUT2D eigenvalue weighted by atomic mass is 9.85. The summed E-state index contributed by atoms with van der Waals surface area (Å²) in [4.78, 5) is 16.6. The number of aromatic nitrogens is 1. The summed E-state index contributed by atoms with van der Waals surface area (Å²) >= 11 is 10.8. The highest BCUT2D eigenvalue weighted by Crippen LogP contribution is 2.39. The number of amides is 1. The van der Waals surface area contributed by atoms with Gasteiger partial charge in [0.05, 0.1) is 15.4 Å². The molecule has 1 amide bonds. The second-order valence-electron chi connectivity index (χ2n) is 4.47. The zero-order valence-electron chi connectivity index (χ0n) is 9.78. The van der Waals surface area contributed by atoms with E-state index in [-0.39, 0.29) is 10.9 Å². The minimum Gasteiger partial charge on any atom is -0.392 e. The monoisotopic (exact) mass is 283 g/mol. The molecule has 18 heavy (non-hydrogen) atoms. The van der Waals surface area contributed by atoms with Crippen molar-refractivity contribution in [2.75, 3.05) is 5.32 Å². The third-order valence-electron chi connectivity index (χ3n) is 3.33. The maximum Gasteiger partial charge on any atom is 0.238 e. The van der Waals surface area contributed by atoms with Gasteiger partial charge in [0.15, 0.2) is 0 Å². The Balaban J connectivity index is 2.15. The van der Waals surface area contributed by atoms with E-state index in [0.29, 0.717) is 23.7 Å². The van der Waals surface area contributed by atoms with Crippen LogP contribution < -0.4 is 11.1 Å². The Morgan fingerprint density at radius 1 is 1.44 bits per heavy atom. The first-order valence-corrected chi connectivity index (χ1v) is 6.56. The summed E-state index contributed by atoms with van der Waals surface area (Å²) in [5.41, 5.74) is 5.03. The molecule has 0 bridgehead atoms. The molecule has 0 spiro atoms. The highest BCUT2D eigenvalue weighted by Gasteiger charge is 2.44. The van der Waals surface area contributed by atoms with Crippen LogP contribution in [0, 0.1) is 5.41 Å². The van der Waals surface area contributed by atoms with E-state index in [1.165, 1.54) is 6.20 Å². The van der Waals surface area contributed by atoms with E-state index in [9.17, 15) is 4.79 Å². The third kappa shape index (κ3) is 2.47. The summed E-state index contributed by atoms with van der Waals surface area (Å²) in [5, 5.41) is 3.28. The first-order chi connectivity index (χ1) is 8.54. The third-order valence-corrected chi connectivity index (χ3v) is 3.95. The molecule has 96 valence electrons. The Bertz CT molecular complexity index is 469. The van der Waals surface area contributed by atoms with Crippen LogP contribution in [-0.2, 0) is 4.79 Å². The first-order valence-electron chi connectivity index (χ1n) is 5.77. The van der Waals surface area contributed by atoms with Crippen molar-refractivity contribution >= 4 is 40.5 Å². The summed E-state index contributed by atoms with van der Waals surface area (Å²) in [6.07, 6.45) is 4.85. The summed E-state index contributed by atoms with van der Waals surface area (Å²) in [5.74, 6) is 0.300. The van der Waals surface area contributed by atoms with Crippen LogP contribution in [0.5, 0.6) is 0 Å². The molecular formula is C12H14ClN3OS. The average molecular weight is 284 g/mol. The highest BCUT2D eigenvalue weighted by atomic mass is 35.5. The van der Waals surface area contributed by atoms with Crippen molar-refractivity contribution in [2.24, 2.45) is 11.1 Å². The Hall–Kier alpha value is -1.20. The fourth-order valence-corrected chi connectivity index (χ4v) is 2.66. The van der Waals surface area contributed by atoms with Gasteiger partial charge in [-0.3, -0.25) is 4.79 Å². The lowest BCUT2D eigenvalue weighted by Gasteiger charge is -2.25. The van der Waals surface area contributed by atoms with Gasteiger partial charge in [0.25, 0.3) is 0 Å². The molecule has 1 aromatic heterocycles. The van der Waals surface area contributed by atoms with Crippen molar-refractivity contribution in [3.05, 3.63) is 23.4 Å². The molecule has 1 saturated carbocycles. The Morgan fingerprint density at radius 3 is 2.61 bits per heavy atom. The van der Waals surface area contributed by atoms with E-state index in [1.807, 2.05) is 0 Å². The predicted molar refractivity (Wildman–Crippen MR) is 75.6 cm³/mol. The van der Waals surface area contributed by atoms with Crippen LogP contribution in [0.4, 0.5) is 5.82 Å². The van der Waals surface area contributed by atoms with E-state index < -0.39 is 5.41 Å². The molecule has 1 heterocycles. The molecule has 0 saturated heterocycles. The number of nitrogens with two attached hydrogens (primary N) is 1. The minimum atomic E-state index is -0.712. The van der Waals surface area contributed by atoms with Crippen LogP contribution in [0.15, 0.2) is 18.3 Å². The summed E-state index contributed by atoms with van der Waals surface area (Å²) in [6, 6.07) is 3.33. The predicted octanol–water partition coefficient (Wildman–Crippen LogP) is 2.52. The summed E-state index contributed by atoms with van der Waals surface area (Å²) in [7, 11) is 0. The van der Waals surface area contributed by atoms with Crippen molar-refractivity contribution in [1.82, 2.24) is 4.98 Å². The number of nitrogens with one attached hydrogen (secondary N) is 1. The number of carbonyl (C=O) groups excluding carboxylic acids is 1. The molecule has 2 rings (SSSR count). The molecule has 3 N–H and O–H groups in total. The minimum absolute atomic E-state index is 0.165. The van der Waals surface area contributed by atoms with Gasteiger partial charge >= 0.3 is 0 Å². The smallest absolute Gasteiger partial charge is 0.238 e. The number of nitrogens with zero attached hydrogens (tertiary/aromatic N) is 1. The molecule has 1 aromatic rings. The molecule has 0 atom stereocenters. The number of carbonyl (C=O) groups is 1. The normalized spacial score (nSPS) is 17.4. The number of anilines is 1. The van der Waals surface area contributed by atoms with Crippen molar-refractivity contribution in [2.45, 2.75) is 25.7 Å². The second kappa shape index (κ2) is 5.20. The fraction of sp³-hybridized carbons (Fsp3) is 0.417. The van der Waals surface area contributed by atoms with Gasteiger partial charge in [-0.25, -0.2) is 4.98 Å². The van der Waals surface area contributed by atoms with Crippen LogP contribution in [0.2, 0.25) is 5.02 Å². The van der Waals surface area contributed by atoms with Crippen LogP contribution in [0.3, 0.4) is 0 Å². The lowest BCUT2D eigenvalue weighted by Crippen LogP contribution is -2.44. The van der Waals surface area contributed by atoms with Crippen LogP contribution >= 0.6 is 23.8 Å². The molecule has 1 fully saturated rings. The van der Waals surface area contributed by atoms with Crippen molar-refractivity contribution < 1.29 is 4.79 Å². The topological polar surface area (TPSA) is 68.0 Å². The van der Waals surface area contributed by atoms with Gasteiger partial charge in [-0.1, -0.05) is 36.7 Å². The first kappa shape index (κ1) is 13.2. The van der Waals surface area contributed by atoms with Crippen molar-refractivity contribution in [3.8, 4) is 0 Å². The molecule has 6 heteroatoms. The number of hydrogen-bond donors (Lipinski definition) is 2. The van der Waals surface area contributed by atoms with Gasteiger partial charge in [0.2, 0.25) is 5.91 Å². The van der Waals surface area contributed by atoms with Crippen LogP contribution in [0.25, 0.3) is 0 Å². The van der Waals surface area contributed by atoms with Crippen molar-refractivity contribution in [3.63, 3.8) is 0 Å². The average Bonchev–Trinajstić information content (AvgIpc) is 2.82. The van der Waals surface area contributed by atoms with Gasteiger partial charge < -0.3 is 11.1 Å². The Kier molecular flexibility index (Phi) is 3.82. The second-order valence-corrected chi connectivity index (χ2v) is 5.35. The van der Waals surface area contributed by atoms with Crippen LogP contribution in [-0.4, -0.2) is 15.9 Å². The molecule has 0 unspecified atom stereocenters. The van der Waals surface area contributed by atoms with E-state index >= 15 is 0 Å². The Morgan fingerprint density at radius 2 is 2.11 bits per heavy atom. The maximum absolute atomic E-state index is 12.3. The van der Waals surface area contributed by atoms with Gasteiger partial charge in [0, 0.05) is 6.20 Å². The van der Waals surface area contributed by atoms with E-state index in [1.54, 1.807) is 12.1 Å². The number of hydrogen-bond acceptors (Lipinski definition) is 3. The molecule has 4 nitrogen and oxygen atoms in total. The summed E-state index contributed by atoms with van der Waals surface area (Å²) in [6.45, 7) is 0. The number of pyridine rings is 1. The highest BCUT2D eigenvalue weighted by molar-refractivity contribution is 7.80. The van der Waals surface area contributed by atoms with E-state index in [2.05, 4.69) is 10.3 Å². The number of rotatable bonds is 3. The molecule has 1 aliphatic rings. The Labute approximate surface area is 116 Å². The molecule has 0 aromatic carbocycles. The van der Waals surface area contributed by atoms with Gasteiger partial charge in [-0.2, -0.15) is 0 Å². The molecular weight excluding hydrogens is 270 g/mol. The molecule has 1 aliphatic carbocycles. The standard InChI is InChI=1S/C12H14ClN3OS/c13-8-3-4-9(15-7-8)16-11(17)12(10(14)18)5-1-2-6-12/h3-4,7H,1-2,5-6H2,(H2,14,18)(H,15,16,17). The fourth-order valence-electron chi connectivity index (χ4n) is 2.25. The lowest BCUT2D eigenvalue weighted by molar-refractivity contribution is -0.122. The van der Waals surface area contributed by atoms with Crippen LogP contribution in [0.1, 0.15) is 25.7 Å². The maximum atomic E-state index is 12.3. The van der Waals surface area contributed by atoms with Gasteiger partial charge in [0.1, 0.15) is 5.82 Å². The largest absolute Gasteiger partial charge is 0.392 e. The quantitative estimate of drug-likeness (QED) is 0.837. The zero-order chi connectivity index (χ0) is 13.2. The number of thiocarbonyl (C=S) groups is 1. The van der Waals surface area contributed by atoms with Crippen molar-refractivity contribution in [1.29, 1.82) is 0 Å². The van der Waals surface area contributed by atoms with Gasteiger partial charge in [-0.05, 0) is 25.0 Å². The SMILES string of the molecule is NC(=S)C1(C(=O)Nc2ccc(Cl)cn2)CCCC1. The molecule has 0 aliphatic heterocycles. The summed E-state index contributed by atoms with van der Waals surface area (Å²) < 4.78 is 0. The van der Waals surface area contributed by atoms with Gasteiger partial charge in [-0.15, -0.1) is 0 Å². The molecule has 0 radical (unpaired) electrons. The number of halogens is 1. The van der Waals surface area contributed by atoms with E-state index in [0.717, 1.165) is 12.8 Å². The van der Waals surface area contributed by atoms with E-state index in [4.69, 9.17) is 29.6 Å². The zero-order valence-corrected chi connectivity index (χ0v) is 11.4.